The maximum absolute atomic E-state index is 16.3. The third-order valence-electron chi connectivity index (χ3n) is 14.5. The number of hydrogen-bond donors (Lipinski definition) is 4. The lowest BCUT2D eigenvalue weighted by atomic mass is 9.55. The van der Waals surface area contributed by atoms with Gasteiger partial charge in [-0.1, -0.05) is 60.7 Å². The van der Waals surface area contributed by atoms with Crippen LogP contribution in [0.5, 0.6) is 0 Å². The molecule has 7 heterocycles. The summed E-state index contributed by atoms with van der Waals surface area (Å²) in [5.41, 5.74) is 1.40. The number of fused-ring (bicyclic) bond motifs is 4. The number of halogens is 3. The van der Waals surface area contributed by atoms with E-state index in [-0.39, 0.29) is 40.8 Å². The highest BCUT2D eigenvalue weighted by Gasteiger charge is 2.72. The van der Waals surface area contributed by atoms with Gasteiger partial charge >= 0.3 is 6.03 Å². The Labute approximate surface area is 369 Å². The second-order valence-corrected chi connectivity index (χ2v) is 18.6. The van der Waals surface area contributed by atoms with Crippen molar-refractivity contribution < 1.29 is 23.6 Å². The van der Waals surface area contributed by atoms with Gasteiger partial charge in [-0.25, -0.2) is 14.2 Å². The molecule has 0 unspecified atom stereocenters. The summed E-state index contributed by atoms with van der Waals surface area (Å²) >= 11 is 12.9. The lowest BCUT2D eigenvalue weighted by Gasteiger charge is -2.47. The van der Waals surface area contributed by atoms with E-state index >= 15 is 4.39 Å². The normalized spacial score (nSPS) is 25.8. The number of carbonyl (C=O) groups excluding carboxylic acids is 4. The van der Waals surface area contributed by atoms with Gasteiger partial charge in [-0.2, -0.15) is 0 Å². The molecule has 1 aliphatic carbocycles. The Hall–Kier alpha value is -4.80. The average molecular weight is 886 g/mol. The summed E-state index contributed by atoms with van der Waals surface area (Å²) in [7, 11) is 0. The maximum Gasteiger partial charge on any atom is 0.329 e. The Morgan fingerprint density at radius 3 is 2.40 bits per heavy atom. The second-order valence-electron chi connectivity index (χ2n) is 17.8. The zero-order valence-electron chi connectivity index (χ0n) is 34.5. The van der Waals surface area contributed by atoms with Crippen LogP contribution in [0.4, 0.5) is 26.4 Å². The van der Waals surface area contributed by atoms with E-state index in [0.29, 0.717) is 35.9 Å². The third-order valence-corrected chi connectivity index (χ3v) is 15.0. The Kier molecular flexibility index (Phi) is 10.9. The molecule has 1 saturated carbocycles. The van der Waals surface area contributed by atoms with Gasteiger partial charge in [-0.15, -0.1) is 0 Å². The summed E-state index contributed by atoms with van der Waals surface area (Å²) in [6.45, 7) is 7.53. The number of imidazole rings is 1. The molecular weight excluding hydrogens is 834 g/mol. The number of piperazine rings is 1. The molecule has 5 amide bonds. The molecule has 0 bridgehead atoms. The number of urea groups is 1. The Bertz CT molecular complexity index is 2430. The van der Waals surface area contributed by atoms with E-state index in [1.54, 1.807) is 35.4 Å². The van der Waals surface area contributed by atoms with Crippen LogP contribution in [0.3, 0.4) is 0 Å². The molecule has 4 N–H and O–H groups in total. The van der Waals surface area contributed by atoms with E-state index < -0.39 is 34.8 Å². The number of likely N-dealkylation sites (tertiary alicyclic amines) is 1. The number of piperidine rings is 1. The van der Waals surface area contributed by atoms with Crippen LogP contribution in [-0.4, -0.2) is 119 Å². The monoisotopic (exact) mass is 884 g/mol. The fraction of sp³-hybridized carbons (Fsp3) is 0.489. The van der Waals surface area contributed by atoms with E-state index in [0.717, 1.165) is 101 Å². The van der Waals surface area contributed by atoms with Gasteiger partial charge in [0.15, 0.2) is 0 Å². The predicted octanol–water partition coefficient (Wildman–Crippen LogP) is 5.28. The minimum atomic E-state index is -1.26. The molecule has 2 aromatic carbocycles. The molecule has 10 rings (SSSR count). The van der Waals surface area contributed by atoms with Gasteiger partial charge in [0.1, 0.15) is 22.7 Å². The van der Waals surface area contributed by atoms with Crippen LogP contribution in [0.2, 0.25) is 10.0 Å². The van der Waals surface area contributed by atoms with Gasteiger partial charge in [-0.05, 0) is 61.1 Å². The summed E-state index contributed by atoms with van der Waals surface area (Å²) < 4.78 is 18.2. The van der Waals surface area contributed by atoms with Gasteiger partial charge in [-0.3, -0.25) is 39.2 Å². The van der Waals surface area contributed by atoms with Crippen LogP contribution in [-0.2, 0) is 19.8 Å². The average Bonchev–Trinajstić information content (AvgIpc) is 3.91. The van der Waals surface area contributed by atoms with Crippen molar-refractivity contribution in [2.45, 2.75) is 80.3 Å². The van der Waals surface area contributed by atoms with Gasteiger partial charge in [0.25, 0.3) is 0 Å². The number of pyridine rings is 1. The molecule has 4 saturated heterocycles. The zero-order chi connectivity index (χ0) is 42.8. The van der Waals surface area contributed by atoms with Crippen LogP contribution >= 0.6 is 23.2 Å². The molecule has 6 aliphatic rings. The topological polar surface area (TPSA) is 147 Å². The van der Waals surface area contributed by atoms with Crippen LogP contribution in [0.15, 0.2) is 60.9 Å². The SMILES string of the molecule is O=C1CCN(c2cnc3cc(N4CCN(CCN5CCC(NC(=O)[C@@H]6NC7(CCCCC7)[C@@]7(C(=O)Nc8cc(Cl)ccc87)[C@H]6c6cccc(Cl)c6F)CC5)CC4)ccn23)C(=O)N1. The van der Waals surface area contributed by atoms with Crippen molar-refractivity contribution in [3.63, 3.8) is 0 Å². The molecule has 14 nitrogen and oxygen atoms in total. The summed E-state index contributed by atoms with van der Waals surface area (Å²) in [5.74, 6) is -1.55. The zero-order valence-corrected chi connectivity index (χ0v) is 36.0. The fourth-order valence-corrected chi connectivity index (χ4v) is 11.8. The number of aromatic nitrogens is 2. The van der Waals surface area contributed by atoms with Crippen molar-refractivity contribution in [1.29, 1.82) is 0 Å². The number of imide groups is 1. The number of amides is 5. The number of carbonyl (C=O) groups is 4. The fourth-order valence-electron chi connectivity index (χ4n) is 11.5. The van der Waals surface area contributed by atoms with Crippen molar-refractivity contribution in [1.82, 2.24) is 35.1 Å². The number of hydrogen-bond acceptors (Lipinski definition) is 9. The second kappa shape index (κ2) is 16.4. The van der Waals surface area contributed by atoms with Crippen molar-refractivity contribution >= 4 is 69.8 Å². The maximum atomic E-state index is 16.3. The molecule has 2 aromatic heterocycles. The van der Waals surface area contributed by atoms with Gasteiger partial charge in [0.05, 0.1) is 17.3 Å². The van der Waals surface area contributed by atoms with Crippen LogP contribution in [0, 0.1) is 5.82 Å². The van der Waals surface area contributed by atoms with Crippen molar-refractivity contribution in [2.24, 2.45) is 0 Å². The van der Waals surface area contributed by atoms with Crippen molar-refractivity contribution in [3.05, 3.63) is 87.9 Å². The molecule has 4 aromatic rings. The third kappa shape index (κ3) is 7.00. The standard InChI is InChI=1S/C45H51Cl2FN10O4/c46-28-7-8-32-34(25-28)51-42(61)45(32)38(31-5-4-6-33(47)39(31)48)40(53-44(45)13-2-1-3-14-44)41(60)50-29-9-15-54(16-10-29)19-20-55-21-23-56(24-22-55)30-11-17-57-35(26-30)49-27-37(57)58-18-12-36(59)52-43(58)62/h4-8,11,17,25-27,29,38,40,53H,1-3,9-10,12-16,18-24H2,(H,50,60)(H,51,61)(H,52,59,62)/t38-,40+,45+/m0/s1. The molecule has 5 fully saturated rings. The lowest BCUT2D eigenvalue weighted by molar-refractivity contribution is -0.125. The number of benzene rings is 2. The molecule has 5 aliphatic heterocycles. The van der Waals surface area contributed by atoms with Crippen LogP contribution < -0.4 is 31.1 Å². The number of nitrogens with zero attached hydrogens (tertiary/aromatic N) is 6. The largest absolute Gasteiger partial charge is 0.369 e. The highest BCUT2D eigenvalue weighted by atomic mass is 35.5. The van der Waals surface area contributed by atoms with Crippen LogP contribution in [0.1, 0.15) is 68.4 Å². The van der Waals surface area contributed by atoms with E-state index in [1.807, 2.05) is 22.7 Å². The van der Waals surface area contributed by atoms with Crippen molar-refractivity contribution in [3.8, 4) is 0 Å². The Morgan fingerprint density at radius 1 is 0.887 bits per heavy atom. The van der Waals surface area contributed by atoms with Gasteiger partial charge < -0.3 is 20.4 Å². The lowest BCUT2D eigenvalue weighted by Crippen LogP contribution is -2.60. The smallest absolute Gasteiger partial charge is 0.329 e. The molecule has 2 spiro atoms. The number of nitrogens with one attached hydrogen (secondary N) is 4. The van der Waals surface area contributed by atoms with E-state index in [2.05, 4.69) is 47.0 Å². The summed E-state index contributed by atoms with van der Waals surface area (Å²) in [5, 5.41) is 13.0. The Morgan fingerprint density at radius 2 is 1.65 bits per heavy atom. The molecular formula is C45H51Cl2FN10O4. The first-order valence-corrected chi connectivity index (χ1v) is 22.7. The number of rotatable bonds is 8. The molecule has 0 radical (unpaired) electrons. The first-order chi connectivity index (χ1) is 30.0. The highest BCUT2D eigenvalue weighted by molar-refractivity contribution is 6.31. The van der Waals surface area contributed by atoms with E-state index in [1.165, 1.54) is 6.07 Å². The Balaban J connectivity index is 0.769. The van der Waals surface area contributed by atoms with Gasteiger partial charge in [0, 0.05) is 111 Å². The summed E-state index contributed by atoms with van der Waals surface area (Å²) in [6.07, 6.45) is 9.58. The molecule has 326 valence electrons. The number of anilines is 3. The van der Waals surface area contributed by atoms with E-state index in [9.17, 15) is 19.2 Å². The van der Waals surface area contributed by atoms with Crippen molar-refractivity contribution in [2.75, 3.05) is 74.0 Å². The van der Waals surface area contributed by atoms with Crippen LogP contribution in [0.25, 0.3) is 5.65 Å². The summed E-state index contributed by atoms with van der Waals surface area (Å²) in [4.78, 5) is 66.8. The predicted molar refractivity (Wildman–Crippen MR) is 236 cm³/mol. The minimum Gasteiger partial charge on any atom is -0.369 e. The minimum absolute atomic E-state index is 0.0418. The first kappa shape index (κ1) is 41.2. The molecule has 62 heavy (non-hydrogen) atoms. The molecule has 17 heteroatoms. The molecule has 3 atom stereocenters. The highest BCUT2D eigenvalue weighted by Crippen LogP contribution is 2.62. The van der Waals surface area contributed by atoms with E-state index in [4.69, 9.17) is 23.2 Å². The summed E-state index contributed by atoms with van der Waals surface area (Å²) in [6, 6.07) is 13.0. The quantitative estimate of drug-likeness (QED) is 0.186. The van der Waals surface area contributed by atoms with Gasteiger partial charge in [0.2, 0.25) is 17.7 Å². The first-order valence-electron chi connectivity index (χ1n) is 22.0.